The Kier molecular flexibility index (Phi) is 9.36. The zero-order chi connectivity index (χ0) is 35.1. The van der Waals surface area contributed by atoms with Crippen molar-refractivity contribution in [3.63, 3.8) is 0 Å². The number of benzene rings is 4. The molecule has 4 atom stereocenters. The highest BCUT2D eigenvalue weighted by atomic mass is 16.3. The molecule has 50 heavy (non-hydrogen) atoms. The van der Waals surface area contributed by atoms with Crippen LogP contribution in [-0.2, 0) is 0 Å². The zero-order valence-electron chi connectivity index (χ0n) is 28.4. The first-order valence-electron chi connectivity index (χ1n) is 17.4. The highest BCUT2D eigenvalue weighted by molar-refractivity contribution is 6.33. The van der Waals surface area contributed by atoms with Crippen LogP contribution in [0.4, 0.5) is 11.4 Å². The molecule has 0 bridgehead atoms. The second-order valence-corrected chi connectivity index (χ2v) is 13.7. The first kappa shape index (κ1) is 33.7. The maximum absolute atomic E-state index is 14.1. The van der Waals surface area contributed by atoms with Gasteiger partial charge in [-0.25, -0.2) is 0 Å². The van der Waals surface area contributed by atoms with Crippen LogP contribution in [0.2, 0.25) is 0 Å². The van der Waals surface area contributed by atoms with Gasteiger partial charge in [0.05, 0.1) is 46.5 Å². The molecule has 260 valence electrons. The average molecular weight is 677 g/mol. The molecule has 0 amide bonds. The van der Waals surface area contributed by atoms with Gasteiger partial charge in [-0.1, -0.05) is 48.5 Å². The van der Waals surface area contributed by atoms with E-state index in [4.69, 9.17) is 0 Å². The van der Waals surface area contributed by atoms with E-state index in [0.717, 1.165) is 35.3 Å². The number of aromatic hydroxyl groups is 2. The van der Waals surface area contributed by atoms with Crippen LogP contribution in [0.1, 0.15) is 79.0 Å². The van der Waals surface area contributed by atoms with Crippen molar-refractivity contribution in [2.75, 3.05) is 49.9 Å². The fraction of sp³-hybridized carbons (Fsp3) is 0.350. The van der Waals surface area contributed by atoms with Gasteiger partial charge in [0.15, 0.2) is 0 Å². The van der Waals surface area contributed by atoms with Gasteiger partial charge in [0.2, 0.25) is 11.6 Å². The minimum absolute atomic E-state index is 0.139. The highest BCUT2D eigenvalue weighted by Crippen LogP contribution is 2.43. The molecule has 1 aliphatic carbocycles. The number of aliphatic hydroxyl groups is 2. The third-order valence-electron chi connectivity index (χ3n) is 10.7. The van der Waals surface area contributed by atoms with Crippen molar-refractivity contribution in [1.29, 1.82) is 0 Å². The largest absolute Gasteiger partial charge is 0.507 e. The molecule has 2 fully saturated rings. The van der Waals surface area contributed by atoms with Crippen molar-refractivity contribution in [2.24, 2.45) is 0 Å². The Morgan fingerprint density at radius 2 is 1.00 bits per heavy atom. The number of phenols is 2. The first-order chi connectivity index (χ1) is 24.2. The van der Waals surface area contributed by atoms with Crippen LogP contribution >= 0.6 is 0 Å². The minimum atomic E-state index is -0.550. The van der Waals surface area contributed by atoms with Gasteiger partial charge in [-0.2, -0.15) is 0 Å². The van der Waals surface area contributed by atoms with Gasteiger partial charge in [0.25, 0.3) is 0 Å². The van der Waals surface area contributed by atoms with Crippen LogP contribution in [0.25, 0.3) is 0 Å². The van der Waals surface area contributed by atoms with Gasteiger partial charge < -0.3 is 31.1 Å². The molecule has 4 aromatic carbocycles. The monoisotopic (exact) mass is 676 g/mol. The Bertz CT molecular complexity index is 1810. The van der Waals surface area contributed by atoms with Gasteiger partial charge in [0, 0.05) is 50.6 Å². The predicted molar refractivity (Wildman–Crippen MR) is 192 cm³/mol. The number of phenolic OH excluding ortho intramolecular Hbond substituents is 2. The molecule has 3 aliphatic rings. The number of ketones is 2. The number of nitrogens with one attached hydrogen (secondary N) is 2. The van der Waals surface area contributed by atoms with Crippen molar-refractivity contribution in [3.05, 3.63) is 117 Å². The molecule has 0 spiro atoms. The topological polar surface area (TPSA) is 146 Å². The molecular formula is C40H44N4O6. The summed E-state index contributed by atoms with van der Waals surface area (Å²) >= 11 is 0. The second-order valence-electron chi connectivity index (χ2n) is 13.7. The molecule has 0 radical (unpaired) electrons. The number of aryl methyl sites for hydroxylation is 2. The third-order valence-corrected chi connectivity index (χ3v) is 10.7. The van der Waals surface area contributed by atoms with E-state index in [-0.39, 0.29) is 45.8 Å². The Balaban J connectivity index is 1.14. The van der Waals surface area contributed by atoms with E-state index in [1.54, 1.807) is 12.1 Å². The Hall–Kier alpha value is -4.74. The Morgan fingerprint density at radius 3 is 1.40 bits per heavy atom. The second kappa shape index (κ2) is 13.9. The SMILES string of the molecule is Cc1ccccc1C1C(O)CCN1CCNc1ccc(NCCN2CCC(O)C2c2ccccc2C)c2c1C(=O)c1c(O)ccc(O)c1C2=O. The number of rotatable bonds is 10. The fourth-order valence-corrected chi connectivity index (χ4v) is 8.15. The smallest absolute Gasteiger partial charge is 0.200 e. The van der Waals surface area contributed by atoms with E-state index in [1.807, 2.05) is 50.2 Å². The number of anilines is 2. The van der Waals surface area contributed by atoms with Gasteiger partial charge in [-0.05, 0) is 73.2 Å². The molecule has 7 rings (SSSR count). The number of hydrogen-bond acceptors (Lipinski definition) is 10. The van der Waals surface area contributed by atoms with Crippen LogP contribution in [0.3, 0.4) is 0 Å². The number of hydrogen-bond donors (Lipinski definition) is 6. The quantitative estimate of drug-likeness (QED) is 0.113. The van der Waals surface area contributed by atoms with Crippen molar-refractivity contribution in [2.45, 2.75) is 51.0 Å². The molecule has 2 heterocycles. The third kappa shape index (κ3) is 6.02. The van der Waals surface area contributed by atoms with Crippen molar-refractivity contribution in [3.8, 4) is 11.5 Å². The summed E-state index contributed by atoms with van der Waals surface area (Å²) in [6.45, 7) is 7.57. The normalized spacial score (nSPS) is 22.1. The summed E-state index contributed by atoms with van der Waals surface area (Å²) in [5, 5.41) is 49.9. The molecule has 10 heteroatoms. The average Bonchev–Trinajstić information content (AvgIpc) is 3.66. The Labute approximate surface area is 292 Å². The number of likely N-dealkylation sites (tertiary alicyclic amines) is 2. The van der Waals surface area contributed by atoms with E-state index in [1.165, 1.54) is 12.1 Å². The molecule has 2 aliphatic heterocycles. The van der Waals surface area contributed by atoms with Crippen molar-refractivity contribution >= 4 is 22.9 Å². The molecule has 6 N–H and O–H groups in total. The minimum Gasteiger partial charge on any atom is -0.507 e. The molecular weight excluding hydrogens is 632 g/mol. The summed E-state index contributed by atoms with van der Waals surface area (Å²) < 4.78 is 0. The summed E-state index contributed by atoms with van der Waals surface area (Å²) in [7, 11) is 0. The van der Waals surface area contributed by atoms with Crippen molar-refractivity contribution < 1.29 is 30.0 Å². The number of nitrogens with zero attached hydrogens (tertiary/aromatic N) is 2. The fourth-order valence-electron chi connectivity index (χ4n) is 8.15. The van der Waals surface area contributed by atoms with Crippen LogP contribution in [0, 0.1) is 13.8 Å². The zero-order valence-corrected chi connectivity index (χ0v) is 28.4. The van der Waals surface area contributed by atoms with E-state index in [9.17, 15) is 30.0 Å². The maximum Gasteiger partial charge on any atom is 0.200 e. The highest BCUT2D eigenvalue weighted by Gasteiger charge is 2.39. The molecule has 0 aromatic heterocycles. The molecule has 10 nitrogen and oxygen atoms in total. The van der Waals surface area contributed by atoms with Crippen molar-refractivity contribution in [1.82, 2.24) is 9.80 Å². The van der Waals surface area contributed by atoms with Crippen LogP contribution in [0.5, 0.6) is 11.5 Å². The van der Waals surface area contributed by atoms with E-state index < -0.39 is 23.8 Å². The molecule has 4 aromatic rings. The summed E-state index contributed by atoms with van der Waals surface area (Å²) in [5.41, 5.74) is 5.17. The first-order valence-corrected chi connectivity index (χ1v) is 17.4. The summed E-state index contributed by atoms with van der Waals surface area (Å²) in [5.74, 6) is -1.84. The van der Waals surface area contributed by atoms with Gasteiger partial charge >= 0.3 is 0 Å². The molecule has 4 unspecified atom stereocenters. The summed E-state index contributed by atoms with van der Waals surface area (Å²) in [4.78, 5) is 32.7. The lowest BCUT2D eigenvalue weighted by molar-refractivity contribution is 0.0975. The number of carbonyl (C=O) groups excluding carboxylic acids is 2. The number of carbonyl (C=O) groups is 2. The standard InChI is InChI=1S/C40H44N4O6/c1-23-7-3-5-9-25(23)37-31(47)15-19-43(37)21-17-41-27-11-12-28(34-33(27)39(49)35-29(45)13-14-30(46)36(35)40(34)50)42-18-22-44-20-16-32(48)38(44)26-10-6-4-8-24(26)2/h3-14,31-32,37-38,41-42,45-48H,15-22H2,1-2H3. The van der Waals surface area contributed by atoms with E-state index >= 15 is 0 Å². The van der Waals surface area contributed by atoms with E-state index in [0.29, 0.717) is 50.4 Å². The lowest BCUT2D eigenvalue weighted by atomic mass is 9.81. The lowest BCUT2D eigenvalue weighted by Crippen LogP contribution is -2.33. The summed E-state index contributed by atoms with van der Waals surface area (Å²) in [6, 6.07) is 21.8. The molecule has 2 saturated heterocycles. The molecule has 0 saturated carbocycles. The predicted octanol–water partition coefficient (Wildman–Crippen LogP) is 4.93. The van der Waals surface area contributed by atoms with Crippen LogP contribution < -0.4 is 10.6 Å². The Morgan fingerprint density at radius 1 is 0.600 bits per heavy atom. The number of aliphatic hydroxyl groups excluding tert-OH is 2. The maximum atomic E-state index is 14.1. The summed E-state index contributed by atoms with van der Waals surface area (Å²) in [6.07, 6.45) is 0.333. The van der Waals surface area contributed by atoms with Gasteiger partial charge in [0.1, 0.15) is 11.5 Å². The van der Waals surface area contributed by atoms with Crippen LogP contribution in [0.15, 0.2) is 72.8 Å². The van der Waals surface area contributed by atoms with Crippen LogP contribution in [-0.4, -0.2) is 93.3 Å². The van der Waals surface area contributed by atoms with E-state index in [2.05, 4.69) is 32.6 Å². The lowest BCUT2D eigenvalue weighted by Gasteiger charge is -2.29. The number of fused-ring (bicyclic) bond motifs is 2. The van der Waals surface area contributed by atoms with Gasteiger partial charge in [-0.15, -0.1) is 0 Å². The van der Waals surface area contributed by atoms with Gasteiger partial charge in [-0.3, -0.25) is 19.4 Å².